The van der Waals surface area contributed by atoms with Crippen molar-refractivity contribution in [1.29, 1.82) is 0 Å². The lowest BCUT2D eigenvalue weighted by atomic mass is 9.43. The van der Waals surface area contributed by atoms with Crippen LogP contribution in [0.4, 0.5) is 0 Å². The molecule has 0 aromatic rings. The van der Waals surface area contributed by atoms with E-state index in [2.05, 4.69) is 6.58 Å². The third kappa shape index (κ3) is 2.46. The standard InChI is InChI=1S/C22H30O7/c1-12-14-4-5-15-21(8-14,18(12)26)19(27)28-11-22(15)16(9-23)20(3,10-24)7-6-17(22)29-13(2)25/h14-17,23-24H,1,4-11H2,2-3H3/t14-,15-,16-,17+,20-,21+,22+/m1/s1. The summed E-state index contributed by atoms with van der Waals surface area (Å²) in [7, 11) is 0. The number of ketones is 1. The van der Waals surface area contributed by atoms with E-state index >= 15 is 0 Å². The Balaban J connectivity index is 1.91. The van der Waals surface area contributed by atoms with Crippen LogP contribution < -0.4 is 0 Å². The molecular weight excluding hydrogens is 376 g/mol. The van der Waals surface area contributed by atoms with Crippen LogP contribution in [0.5, 0.6) is 0 Å². The number of hydrogen-bond acceptors (Lipinski definition) is 7. The average molecular weight is 406 g/mol. The molecule has 0 radical (unpaired) electrons. The monoisotopic (exact) mass is 406 g/mol. The second-order valence-electron chi connectivity index (χ2n) is 9.73. The number of aliphatic hydroxyl groups is 2. The van der Waals surface area contributed by atoms with Crippen molar-refractivity contribution in [2.24, 2.45) is 34.0 Å². The van der Waals surface area contributed by atoms with Gasteiger partial charge in [-0.25, -0.2) is 0 Å². The second-order valence-corrected chi connectivity index (χ2v) is 9.73. The molecule has 160 valence electrons. The van der Waals surface area contributed by atoms with E-state index in [-0.39, 0.29) is 31.5 Å². The van der Waals surface area contributed by atoms with Crippen LogP contribution in [-0.4, -0.2) is 53.9 Å². The van der Waals surface area contributed by atoms with Gasteiger partial charge in [0.2, 0.25) is 0 Å². The molecule has 7 atom stereocenters. The van der Waals surface area contributed by atoms with E-state index in [0.29, 0.717) is 31.3 Å². The fourth-order valence-corrected chi connectivity index (χ4v) is 7.12. The number of cyclic esters (lactones) is 1. The Morgan fingerprint density at radius 1 is 1.28 bits per heavy atom. The Bertz CT molecular complexity index is 775. The van der Waals surface area contributed by atoms with E-state index in [1.54, 1.807) is 0 Å². The smallest absolute Gasteiger partial charge is 0.320 e. The summed E-state index contributed by atoms with van der Waals surface area (Å²) in [5.41, 5.74) is -2.40. The molecular formula is C22H30O7. The van der Waals surface area contributed by atoms with Crippen molar-refractivity contribution in [1.82, 2.24) is 0 Å². The summed E-state index contributed by atoms with van der Waals surface area (Å²) in [6.07, 6.45) is 2.15. The Hall–Kier alpha value is -1.73. The zero-order valence-electron chi connectivity index (χ0n) is 17.1. The van der Waals surface area contributed by atoms with E-state index in [1.807, 2.05) is 6.92 Å². The van der Waals surface area contributed by atoms with Gasteiger partial charge in [-0.1, -0.05) is 13.5 Å². The maximum atomic E-state index is 13.3. The van der Waals surface area contributed by atoms with Gasteiger partial charge >= 0.3 is 11.9 Å². The maximum absolute atomic E-state index is 13.3. The third-order valence-corrected chi connectivity index (χ3v) is 8.54. The Kier molecular flexibility index (Phi) is 4.70. The molecule has 4 fully saturated rings. The summed E-state index contributed by atoms with van der Waals surface area (Å²) in [5.74, 6) is -2.16. The zero-order chi connectivity index (χ0) is 21.2. The number of aliphatic hydroxyl groups excluding tert-OH is 2. The van der Waals surface area contributed by atoms with Crippen LogP contribution in [0.1, 0.15) is 46.0 Å². The van der Waals surface area contributed by atoms with Crippen LogP contribution in [0.2, 0.25) is 0 Å². The lowest BCUT2D eigenvalue weighted by molar-refractivity contribution is -0.252. The number of rotatable bonds is 3. The Morgan fingerprint density at radius 3 is 2.62 bits per heavy atom. The number of hydrogen-bond donors (Lipinski definition) is 2. The van der Waals surface area contributed by atoms with Crippen molar-refractivity contribution in [2.75, 3.05) is 19.8 Å². The predicted molar refractivity (Wildman–Crippen MR) is 101 cm³/mol. The molecule has 4 aliphatic rings. The summed E-state index contributed by atoms with van der Waals surface area (Å²) in [5, 5.41) is 20.7. The highest BCUT2D eigenvalue weighted by molar-refractivity contribution is 6.15. The summed E-state index contributed by atoms with van der Waals surface area (Å²) < 4.78 is 11.4. The molecule has 2 spiro atoms. The summed E-state index contributed by atoms with van der Waals surface area (Å²) in [4.78, 5) is 38.3. The first-order valence-electron chi connectivity index (χ1n) is 10.5. The number of fused-ring (bicyclic) bond motifs is 2. The SMILES string of the molecule is C=C1C(=O)[C@]23C[C@H]1CC[C@H]2[C@]1(COC3=O)[C@@H](OC(C)=O)CC[C@](C)(CO)[C@H]1CO. The third-order valence-electron chi connectivity index (χ3n) is 8.54. The molecule has 0 amide bonds. The van der Waals surface area contributed by atoms with Crippen LogP contribution in [0.3, 0.4) is 0 Å². The fraction of sp³-hybridized carbons (Fsp3) is 0.773. The van der Waals surface area contributed by atoms with Crippen LogP contribution in [0.25, 0.3) is 0 Å². The minimum absolute atomic E-state index is 0.0264. The van der Waals surface area contributed by atoms with Gasteiger partial charge in [0.25, 0.3) is 0 Å². The van der Waals surface area contributed by atoms with Crippen LogP contribution in [0.15, 0.2) is 12.2 Å². The Labute approximate surface area is 170 Å². The molecule has 3 aliphatic carbocycles. The minimum Gasteiger partial charge on any atom is -0.464 e. The van der Waals surface area contributed by atoms with Crippen molar-refractivity contribution < 1.29 is 34.1 Å². The molecule has 0 aromatic heterocycles. The van der Waals surface area contributed by atoms with Gasteiger partial charge in [-0.3, -0.25) is 14.4 Å². The van der Waals surface area contributed by atoms with Gasteiger partial charge in [-0.05, 0) is 54.9 Å². The van der Waals surface area contributed by atoms with Gasteiger partial charge in [0.1, 0.15) is 18.1 Å². The van der Waals surface area contributed by atoms with Gasteiger partial charge in [0.05, 0.1) is 5.41 Å². The molecule has 0 aromatic carbocycles. The minimum atomic E-state index is -1.32. The van der Waals surface area contributed by atoms with Crippen molar-refractivity contribution in [3.63, 3.8) is 0 Å². The maximum Gasteiger partial charge on any atom is 0.320 e. The lowest BCUT2D eigenvalue weighted by Gasteiger charge is -2.63. The fourth-order valence-electron chi connectivity index (χ4n) is 7.12. The summed E-state index contributed by atoms with van der Waals surface area (Å²) in [6, 6.07) is 0. The molecule has 2 N–H and O–H groups in total. The quantitative estimate of drug-likeness (QED) is 0.414. The first-order valence-corrected chi connectivity index (χ1v) is 10.5. The average Bonchev–Trinajstić information content (AvgIpc) is 2.88. The van der Waals surface area contributed by atoms with Gasteiger partial charge in [0.15, 0.2) is 5.78 Å². The topological polar surface area (TPSA) is 110 Å². The van der Waals surface area contributed by atoms with Gasteiger partial charge in [-0.15, -0.1) is 0 Å². The largest absolute Gasteiger partial charge is 0.464 e. The number of ether oxygens (including phenoxy) is 2. The molecule has 0 unspecified atom stereocenters. The van der Waals surface area contributed by atoms with E-state index in [1.165, 1.54) is 6.92 Å². The van der Waals surface area contributed by atoms with Crippen molar-refractivity contribution in [3.8, 4) is 0 Å². The predicted octanol–water partition coefficient (Wildman–Crippen LogP) is 1.40. The van der Waals surface area contributed by atoms with Gasteiger partial charge < -0.3 is 19.7 Å². The molecule has 1 aliphatic heterocycles. The first-order chi connectivity index (χ1) is 13.7. The number of carbonyl (C=O) groups is 3. The zero-order valence-corrected chi connectivity index (χ0v) is 17.1. The van der Waals surface area contributed by atoms with Crippen LogP contribution >= 0.6 is 0 Å². The molecule has 1 saturated heterocycles. The highest BCUT2D eigenvalue weighted by Gasteiger charge is 2.74. The number of Topliss-reactive ketones (excluding diaryl/α,β-unsaturated/α-hetero) is 1. The number of esters is 2. The van der Waals surface area contributed by atoms with Crippen molar-refractivity contribution in [2.45, 2.75) is 52.1 Å². The van der Waals surface area contributed by atoms with Crippen molar-refractivity contribution >= 4 is 17.7 Å². The lowest BCUT2D eigenvalue weighted by Crippen LogP contribution is -2.69. The van der Waals surface area contributed by atoms with Crippen molar-refractivity contribution in [3.05, 3.63) is 12.2 Å². The molecule has 1 heterocycles. The molecule has 29 heavy (non-hydrogen) atoms. The van der Waals surface area contributed by atoms with Gasteiger partial charge in [0, 0.05) is 26.1 Å². The van der Waals surface area contributed by atoms with Crippen LogP contribution in [-0.2, 0) is 23.9 Å². The van der Waals surface area contributed by atoms with Crippen LogP contribution in [0, 0.1) is 34.0 Å². The summed E-state index contributed by atoms with van der Waals surface area (Å²) >= 11 is 0. The molecule has 4 rings (SSSR count). The highest BCUT2D eigenvalue weighted by Crippen LogP contribution is 2.68. The van der Waals surface area contributed by atoms with E-state index in [4.69, 9.17) is 9.47 Å². The molecule has 2 bridgehead atoms. The molecule has 7 heteroatoms. The number of allylic oxidation sites excluding steroid dienone is 1. The van der Waals surface area contributed by atoms with Gasteiger partial charge in [-0.2, -0.15) is 0 Å². The normalized spacial score (nSPS) is 46.4. The van der Waals surface area contributed by atoms with E-state index in [9.17, 15) is 24.6 Å². The summed E-state index contributed by atoms with van der Waals surface area (Å²) in [6.45, 7) is 6.77. The van der Waals surface area contributed by atoms with E-state index in [0.717, 1.165) is 6.42 Å². The second kappa shape index (κ2) is 6.64. The first kappa shape index (κ1) is 20.5. The molecule has 3 saturated carbocycles. The molecule has 7 nitrogen and oxygen atoms in total. The number of carbonyl (C=O) groups excluding carboxylic acids is 3. The Morgan fingerprint density at radius 2 is 2.00 bits per heavy atom. The van der Waals surface area contributed by atoms with E-state index < -0.39 is 46.1 Å². The highest BCUT2D eigenvalue weighted by atomic mass is 16.6.